The Hall–Kier alpha value is -2.49. The lowest BCUT2D eigenvalue weighted by molar-refractivity contribution is 0.104. The first kappa shape index (κ1) is 20.8. The molecule has 0 saturated carbocycles. The lowest BCUT2D eigenvalue weighted by Gasteiger charge is -2.30. The second kappa shape index (κ2) is 7.98. The summed E-state index contributed by atoms with van der Waals surface area (Å²) >= 11 is 1.00. The molecule has 0 aliphatic carbocycles. The first-order chi connectivity index (χ1) is 14.2. The average Bonchev–Trinajstić information content (AvgIpc) is 3.34. The number of nitrogens with zero attached hydrogens (tertiary/aromatic N) is 2. The van der Waals surface area contributed by atoms with Crippen molar-refractivity contribution in [3.63, 3.8) is 0 Å². The Morgan fingerprint density at radius 1 is 1.23 bits per heavy atom. The minimum absolute atomic E-state index is 0.0753. The molecular formula is C19H20N3O6PS. The van der Waals surface area contributed by atoms with Crippen molar-refractivity contribution >= 4 is 41.0 Å². The number of carbonyl (C=O) groups excluding carboxylic acids is 1. The van der Waals surface area contributed by atoms with E-state index in [1.807, 2.05) is 19.1 Å². The summed E-state index contributed by atoms with van der Waals surface area (Å²) in [5.41, 5.74) is 7.97. The van der Waals surface area contributed by atoms with E-state index in [2.05, 4.69) is 9.88 Å². The van der Waals surface area contributed by atoms with Crippen molar-refractivity contribution < 1.29 is 28.3 Å². The molecule has 9 nitrogen and oxygen atoms in total. The van der Waals surface area contributed by atoms with E-state index in [0.29, 0.717) is 18.8 Å². The van der Waals surface area contributed by atoms with Gasteiger partial charge in [0.1, 0.15) is 10.6 Å². The van der Waals surface area contributed by atoms with Gasteiger partial charge in [-0.05, 0) is 42.8 Å². The zero-order chi connectivity index (χ0) is 21.5. The van der Waals surface area contributed by atoms with Crippen LogP contribution in [0.5, 0.6) is 0 Å². The molecule has 158 valence electrons. The van der Waals surface area contributed by atoms with Crippen LogP contribution in [0.4, 0.5) is 10.8 Å². The van der Waals surface area contributed by atoms with Crippen LogP contribution in [0.3, 0.4) is 0 Å². The largest absolute Gasteiger partial charge is 0.446 e. The summed E-state index contributed by atoms with van der Waals surface area (Å²) in [5, 5.41) is 0.157. The summed E-state index contributed by atoms with van der Waals surface area (Å²) in [4.78, 5) is 38.3. The Labute approximate surface area is 176 Å². The van der Waals surface area contributed by atoms with Gasteiger partial charge in [0.2, 0.25) is 11.3 Å². The molecule has 0 bridgehead atoms. The van der Waals surface area contributed by atoms with Gasteiger partial charge < -0.3 is 29.6 Å². The van der Waals surface area contributed by atoms with Gasteiger partial charge in [0.25, 0.3) is 0 Å². The van der Waals surface area contributed by atoms with E-state index < -0.39 is 13.1 Å². The standard InChI is InChI=1S/C19H20N3O6PS/c1-11-10-12(2-3-13(11)22-6-8-27-9-7-22)17(23)18-16(21-19(20)30-18)14-4-5-15(28-14)29(24,25)26/h2-5,10H,6-9H2,1H3,(H2,20,21)(H2,24,25,26). The maximum Gasteiger partial charge on any atom is 0.391 e. The smallest absolute Gasteiger partial charge is 0.391 e. The van der Waals surface area contributed by atoms with E-state index in [-0.39, 0.29) is 27.2 Å². The van der Waals surface area contributed by atoms with E-state index >= 15 is 0 Å². The van der Waals surface area contributed by atoms with Crippen LogP contribution in [0, 0.1) is 6.92 Å². The summed E-state index contributed by atoms with van der Waals surface area (Å²) in [6.45, 7) is 4.88. The molecule has 2 aromatic heterocycles. The lowest BCUT2D eigenvalue weighted by Crippen LogP contribution is -2.36. The van der Waals surface area contributed by atoms with E-state index in [9.17, 15) is 19.1 Å². The molecule has 1 saturated heterocycles. The molecule has 3 heterocycles. The number of aromatic nitrogens is 1. The minimum atomic E-state index is -4.55. The number of aryl methyl sites for hydroxylation is 1. The second-order valence-corrected chi connectivity index (χ2v) is 9.40. The molecule has 4 rings (SSSR count). The number of thiazole rings is 1. The van der Waals surface area contributed by atoms with Gasteiger partial charge in [-0.1, -0.05) is 11.3 Å². The van der Waals surface area contributed by atoms with E-state index in [0.717, 1.165) is 35.7 Å². The van der Waals surface area contributed by atoms with Crippen molar-refractivity contribution in [2.24, 2.45) is 0 Å². The van der Waals surface area contributed by atoms with Crippen molar-refractivity contribution in [2.75, 3.05) is 36.9 Å². The van der Waals surface area contributed by atoms with Gasteiger partial charge in [-0.3, -0.25) is 9.36 Å². The van der Waals surface area contributed by atoms with E-state index in [1.165, 1.54) is 12.1 Å². The molecule has 0 radical (unpaired) electrons. The van der Waals surface area contributed by atoms with Crippen molar-refractivity contribution in [1.82, 2.24) is 4.98 Å². The summed E-state index contributed by atoms with van der Waals surface area (Å²) in [7, 11) is -4.55. The number of nitrogens with two attached hydrogens (primary N) is 1. The highest BCUT2D eigenvalue weighted by molar-refractivity contribution is 7.59. The highest BCUT2D eigenvalue weighted by Gasteiger charge is 2.27. The number of carbonyl (C=O) groups is 1. The van der Waals surface area contributed by atoms with Crippen LogP contribution in [0.25, 0.3) is 11.5 Å². The van der Waals surface area contributed by atoms with Crippen LogP contribution in [0.15, 0.2) is 34.7 Å². The average molecular weight is 449 g/mol. The molecule has 0 amide bonds. The van der Waals surface area contributed by atoms with Crippen LogP contribution in [-0.4, -0.2) is 46.9 Å². The first-order valence-corrected chi connectivity index (χ1v) is 11.6. The highest BCUT2D eigenvalue weighted by Crippen LogP contribution is 2.38. The van der Waals surface area contributed by atoms with Gasteiger partial charge in [-0.25, -0.2) is 4.98 Å². The Morgan fingerprint density at radius 2 is 1.97 bits per heavy atom. The first-order valence-electron chi connectivity index (χ1n) is 9.14. The third kappa shape index (κ3) is 4.05. The van der Waals surface area contributed by atoms with Crippen LogP contribution >= 0.6 is 18.9 Å². The summed E-state index contributed by atoms with van der Waals surface area (Å²) in [6.07, 6.45) is 0. The van der Waals surface area contributed by atoms with Crippen LogP contribution < -0.4 is 16.1 Å². The monoisotopic (exact) mass is 449 g/mol. The zero-order valence-electron chi connectivity index (χ0n) is 16.1. The van der Waals surface area contributed by atoms with Gasteiger partial charge in [0.15, 0.2) is 10.9 Å². The number of furan rings is 1. The maximum atomic E-state index is 13.2. The fourth-order valence-electron chi connectivity index (χ4n) is 3.36. The van der Waals surface area contributed by atoms with E-state index in [4.69, 9.17) is 14.9 Å². The maximum absolute atomic E-state index is 13.2. The van der Waals surface area contributed by atoms with Crippen molar-refractivity contribution in [3.05, 3.63) is 46.3 Å². The van der Waals surface area contributed by atoms with Crippen LogP contribution in [-0.2, 0) is 9.30 Å². The summed E-state index contributed by atoms with van der Waals surface area (Å²) in [5.74, 6) is -0.212. The Balaban J connectivity index is 1.66. The number of rotatable bonds is 5. The molecular weight excluding hydrogens is 429 g/mol. The third-order valence-electron chi connectivity index (χ3n) is 4.77. The van der Waals surface area contributed by atoms with Gasteiger partial charge in [0.05, 0.1) is 13.2 Å². The molecule has 30 heavy (non-hydrogen) atoms. The SMILES string of the molecule is Cc1cc(C(=O)c2sc(N)nc2-c2ccc(P(=O)(O)O)o2)ccc1N1CCOCC1. The molecule has 4 N–H and O–H groups in total. The molecule has 11 heteroatoms. The molecule has 0 spiro atoms. The summed E-state index contributed by atoms with van der Waals surface area (Å²) in [6, 6.07) is 8.02. The summed E-state index contributed by atoms with van der Waals surface area (Å²) < 4.78 is 22.0. The topological polar surface area (TPSA) is 139 Å². The number of benzene rings is 1. The Morgan fingerprint density at radius 3 is 2.60 bits per heavy atom. The number of morpholine rings is 1. The normalized spacial score (nSPS) is 14.8. The quantitative estimate of drug-likeness (QED) is 0.395. The molecule has 1 aromatic carbocycles. The molecule has 1 fully saturated rings. The highest BCUT2D eigenvalue weighted by atomic mass is 32.1. The number of hydrogen-bond donors (Lipinski definition) is 3. The lowest BCUT2D eigenvalue weighted by atomic mass is 10.0. The number of nitrogen functional groups attached to an aromatic ring is 1. The number of anilines is 2. The number of ketones is 1. The number of hydrogen-bond acceptors (Lipinski definition) is 8. The Bertz CT molecular complexity index is 1150. The van der Waals surface area contributed by atoms with Crippen molar-refractivity contribution in [1.29, 1.82) is 0 Å². The molecule has 1 aliphatic heterocycles. The molecule has 0 unspecified atom stereocenters. The second-order valence-electron chi connectivity index (χ2n) is 6.84. The zero-order valence-corrected chi connectivity index (χ0v) is 17.8. The van der Waals surface area contributed by atoms with Gasteiger partial charge >= 0.3 is 7.60 Å². The third-order valence-corrected chi connectivity index (χ3v) is 6.47. The molecule has 0 atom stereocenters. The fraction of sp³-hybridized carbons (Fsp3) is 0.263. The molecule has 3 aromatic rings. The van der Waals surface area contributed by atoms with Crippen molar-refractivity contribution in [3.8, 4) is 11.5 Å². The van der Waals surface area contributed by atoms with Crippen LogP contribution in [0.1, 0.15) is 20.8 Å². The fourth-order valence-corrected chi connectivity index (χ4v) is 4.64. The van der Waals surface area contributed by atoms with Crippen LogP contribution in [0.2, 0.25) is 0 Å². The van der Waals surface area contributed by atoms with Gasteiger partial charge in [0, 0.05) is 24.3 Å². The minimum Gasteiger partial charge on any atom is -0.446 e. The predicted octanol–water partition coefficient (Wildman–Crippen LogP) is 2.16. The predicted molar refractivity (Wildman–Crippen MR) is 114 cm³/mol. The number of ether oxygens (including phenoxy) is 1. The van der Waals surface area contributed by atoms with Crippen molar-refractivity contribution in [2.45, 2.75) is 6.92 Å². The molecule has 1 aliphatic rings. The van der Waals surface area contributed by atoms with Gasteiger partial charge in [-0.15, -0.1) is 0 Å². The van der Waals surface area contributed by atoms with Gasteiger partial charge in [-0.2, -0.15) is 0 Å². The Kier molecular flexibility index (Phi) is 5.52. The van der Waals surface area contributed by atoms with E-state index in [1.54, 1.807) is 6.07 Å².